The van der Waals surface area contributed by atoms with E-state index in [0.29, 0.717) is 29.3 Å². The summed E-state index contributed by atoms with van der Waals surface area (Å²) in [5.74, 6) is -0.584. The Kier molecular flexibility index (Phi) is 8.53. The first-order chi connectivity index (χ1) is 19.2. The van der Waals surface area contributed by atoms with Crippen LogP contribution in [0.1, 0.15) is 99.5 Å². The fourth-order valence-corrected chi connectivity index (χ4v) is 5.80. The van der Waals surface area contributed by atoms with Gasteiger partial charge < -0.3 is 15.3 Å². The molecule has 41 heavy (non-hydrogen) atoms. The Bertz CT molecular complexity index is 1330. The Morgan fingerprint density at radius 2 is 1.66 bits per heavy atom. The van der Waals surface area contributed by atoms with E-state index < -0.39 is 16.7 Å². The van der Waals surface area contributed by atoms with Crippen molar-refractivity contribution in [2.45, 2.75) is 99.5 Å². The Morgan fingerprint density at radius 3 is 2.20 bits per heavy atom. The van der Waals surface area contributed by atoms with Crippen molar-refractivity contribution in [1.29, 1.82) is 0 Å². The average Bonchev–Trinajstić information content (AvgIpc) is 3.52. The van der Waals surface area contributed by atoms with Crippen molar-refractivity contribution >= 4 is 40.3 Å². The van der Waals surface area contributed by atoms with Crippen LogP contribution in [0.5, 0.6) is 0 Å². The molecule has 8 nitrogen and oxygen atoms in total. The van der Waals surface area contributed by atoms with Gasteiger partial charge in [0.1, 0.15) is 5.76 Å². The quantitative estimate of drug-likeness (QED) is 0.346. The third kappa shape index (κ3) is 5.97. The summed E-state index contributed by atoms with van der Waals surface area (Å²) >= 11 is 0. The Labute approximate surface area is 244 Å². The Balaban J connectivity index is 1.78. The van der Waals surface area contributed by atoms with E-state index in [2.05, 4.69) is 29.2 Å². The van der Waals surface area contributed by atoms with Gasteiger partial charge >= 0.3 is 0 Å². The van der Waals surface area contributed by atoms with Gasteiger partial charge in [-0.3, -0.25) is 14.4 Å². The van der Waals surface area contributed by atoms with Gasteiger partial charge in [0.2, 0.25) is 11.7 Å². The smallest absolute Gasteiger partial charge is 0.277 e. The summed E-state index contributed by atoms with van der Waals surface area (Å²) in [5, 5.41) is 20.5. The maximum absolute atomic E-state index is 13.8. The first-order valence-electron chi connectivity index (χ1n) is 15.0. The number of ketones is 1. The van der Waals surface area contributed by atoms with Gasteiger partial charge in [0.15, 0.2) is 0 Å². The Hall–Kier alpha value is -3.42. The van der Waals surface area contributed by atoms with Gasteiger partial charge in [0.05, 0.1) is 33.7 Å². The average molecular weight is 563 g/mol. The predicted molar refractivity (Wildman–Crippen MR) is 165 cm³/mol. The maximum atomic E-state index is 13.8. The lowest BCUT2D eigenvalue weighted by atomic mass is 9.78. The number of hydrogen-bond donors (Lipinski definition) is 2. The van der Waals surface area contributed by atoms with Gasteiger partial charge in [-0.15, -0.1) is 0 Å². The summed E-state index contributed by atoms with van der Waals surface area (Å²) < 4.78 is 0. The second-order valence-electron chi connectivity index (χ2n) is 13.4. The fourth-order valence-electron chi connectivity index (χ4n) is 5.80. The van der Waals surface area contributed by atoms with Crippen LogP contribution in [0.2, 0.25) is 0 Å². The molecule has 0 spiro atoms. The highest BCUT2D eigenvalue weighted by molar-refractivity contribution is 6.44. The van der Waals surface area contributed by atoms with E-state index in [1.165, 1.54) is 30.7 Å². The number of benzene rings is 1. The minimum absolute atomic E-state index is 0.0304. The summed E-state index contributed by atoms with van der Waals surface area (Å²) in [5.41, 5.74) is 1.49. The van der Waals surface area contributed by atoms with Gasteiger partial charge in [-0.1, -0.05) is 46.5 Å². The molecule has 0 atom stereocenters. The molecule has 0 unspecified atom stereocenters. The molecule has 1 aliphatic heterocycles. The van der Waals surface area contributed by atoms with Crippen molar-refractivity contribution in [3.05, 3.63) is 40.7 Å². The topological polar surface area (TPSA) is 102 Å². The number of nitrogens with zero attached hydrogens (tertiary/aromatic N) is 3. The van der Waals surface area contributed by atoms with Crippen molar-refractivity contribution in [2.24, 2.45) is 16.4 Å². The molecule has 2 N–H and O–H groups in total. The highest BCUT2D eigenvalue weighted by Crippen LogP contribution is 2.44. The fraction of sp³-hybridized carbons (Fsp3) is 0.576. The molecule has 0 radical (unpaired) electrons. The van der Waals surface area contributed by atoms with Crippen molar-refractivity contribution in [2.75, 3.05) is 23.3 Å². The summed E-state index contributed by atoms with van der Waals surface area (Å²) in [6.45, 7) is 16.8. The molecule has 0 bridgehead atoms. The number of carbonyl (C=O) groups excluding carboxylic acids is 3. The zero-order chi connectivity index (χ0) is 30.3. The first-order valence-corrected chi connectivity index (χ1v) is 15.0. The van der Waals surface area contributed by atoms with Crippen LogP contribution < -0.4 is 10.2 Å². The van der Waals surface area contributed by atoms with Crippen LogP contribution in [0.4, 0.5) is 11.4 Å². The van der Waals surface area contributed by atoms with Gasteiger partial charge in [-0.05, 0) is 71.6 Å². The standard InChI is InChI=1S/C33H46N4O4/c1-9-36(10-2)21-16-17-22(24(19-21)34-31(41)32(3,4)5)25-28(38)27(29(25)39)26-23(18-15-20-13-11-12-14-20)35-37(30(26)40)33(6,7)8/h16-17,19-20,38H,9-15,18H2,1-8H3,(H,34,41). The molecule has 0 aromatic heterocycles. The van der Waals surface area contributed by atoms with Gasteiger partial charge in [-0.25, -0.2) is 5.01 Å². The minimum Gasteiger partial charge on any atom is -0.506 e. The van der Waals surface area contributed by atoms with Crippen LogP contribution in [0.25, 0.3) is 5.57 Å². The normalized spacial score (nSPS) is 20.1. The van der Waals surface area contributed by atoms with Crippen molar-refractivity contribution in [3.63, 3.8) is 0 Å². The number of aliphatic hydroxyl groups is 1. The molecule has 0 saturated heterocycles. The van der Waals surface area contributed by atoms with Crippen molar-refractivity contribution < 1.29 is 19.5 Å². The van der Waals surface area contributed by atoms with Crippen LogP contribution in [0, 0.1) is 11.3 Å². The number of rotatable bonds is 8. The van der Waals surface area contributed by atoms with Crippen LogP contribution in [0.3, 0.4) is 0 Å². The first kappa shape index (κ1) is 30.5. The molecule has 1 saturated carbocycles. The monoisotopic (exact) mass is 562 g/mol. The maximum Gasteiger partial charge on any atom is 0.277 e. The molecule has 8 heteroatoms. The number of aliphatic hydroxyl groups excluding tert-OH is 1. The minimum atomic E-state index is -0.660. The molecular weight excluding hydrogens is 516 g/mol. The van der Waals surface area contributed by atoms with E-state index in [1.807, 2.05) is 53.7 Å². The SMILES string of the molecule is CCN(CC)c1ccc(C2=C(O)C(=C3C(=O)N(C(C)(C)C)N=C3CCC3CCCC3)C2=O)c(NC(=O)C(C)(C)C)c1. The van der Waals surface area contributed by atoms with Crippen LogP contribution >= 0.6 is 0 Å². The summed E-state index contributed by atoms with van der Waals surface area (Å²) in [4.78, 5) is 42.6. The van der Waals surface area contributed by atoms with Crippen LogP contribution in [0.15, 0.2) is 40.2 Å². The molecule has 3 aliphatic rings. The zero-order valence-electron chi connectivity index (χ0n) is 26.0. The molecule has 2 aliphatic carbocycles. The highest BCUT2D eigenvalue weighted by atomic mass is 16.3. The van der Waals surface area contributed by atoms with Gasteiger partial charge in [0.25, 0.3) is 5.91 Å². The molecule has 2 amide bonds. The lowest BCUT2D eigenvalue weighted by Gasteiger charge is -2.29. The number of amides is 2. The number of anilines is 2. The largest absolute Gasteiger partial charge is 0.506 e. The Morgan fingerprint density at radius 1 is 1.02 bits per heavy atom. The number of hydrazone groups is 1. The van der Waals surface area contributed by atoms with E-state index in [9.17, 15) is 19.5 Å². The predicted octanol–water partition coefficient (Wildman–Crippen LogP) is 6.63. The number of allylic oxidation sites excluding steroid dienone is 2. The second-order valence-corrected chi connectivity index (χ2v) is 13.4. The van der Waals surface area contributed by atoms with E-state index in [-0.39, 0.29) is 34.3 Å². The molecular formula is C33H46N4O4. The third-order valence-corrected chi connectivity index (χ3v) is 8.32. The lowest BCUT2D eigenvalue weighted by Crippen LogP contribution is -2.40. The summed E-state index contributed by atoms with van der Waals surface area (Å²) in [7, 11) is 0. The summed E-state index contributed by atoms with van der Waals surface area (Å²) in [6.07, 6.45) is 6.30. The summed E-state index contributed by atoms with van der Waals surface area (Å²) in [6, 6.07) is 5.51. The van der Waals surface area contributed by atoms with Gasteiger partial charge in [-0.2, -0.15) is 5.10 Å². The van der Waals surface area contributed by atoms with Crippen molar-refractivity contribution in [3.8, 4) is 0 Å². The van der Waals surface area contributed by atoms with Gasteiger partial charge in [0, 0.05) is 29.8 Å². The van der Waals surface area contributed by atoms with Crippen LogP contribution in [-0.4, -0.2) is 52.1 Å². The molecule has 1 aromatic rings. The number of nitrogens with one attached hydrogen (secondary N) is 1. The number of hydrogen-bond acceptors (Lipinski definition) is 6. The van der Waals surface area contributed by atoms with Crippen LogP contribution in [-0.2, 0) is 14.4 Å². The molecule has 4 rings (SSSR count). The van der Waals surface area contributed by atoms with E-state index in [0.717, 1.165) is 25.2 Å². The third-order valence-electron chi connectivity index (χ3n) is 8.32. The molecule has 1 fully saturated rings. The number of carbonyl (C=O) groups is 3. The number of Topliss-reactive ketones (excluding diaryl/α,β-unsaturated/α-hetero) is 1. The van der Waals surface area contributed by atoms with E-state index in [1.54, 1.807) is 6.07 Å². The lowest BCUT2D eigenvalue weighted by molar-refractivity contribution is -0.130. The van der Waals surface area contributed by atoms with E-state index in [4.69, 9.17) is 0 Å². The second kappa shape index (κ2) is 11.5. The van der Waals surface area contributed by atoms with Crippen molar-refractivity contribution in [1.82, 2.24) is 5.01 Å². The molecule has 1 aromatic carbocycles. The van der Waals surface area contributed by atoms with E-state index >= 15 is 0 Å². The zero-order valence-corrected chi connectivity index (χ0v) is 26.0. The molecule has 222 valence electrons. The highest BCUT2D eigenvalue weighted by Gasteiger charge is 2.46. The molecule has 1 heterocycles.